The molecular weight excluding hydrogens is 1020 g/mol. The molecule has 6 heteroatoms. The highest BCUT2D eigenvalue weighted by Gasteiger charge is 2.20. The number of nitrogens with one attached hydrogen (secondary N) is 1. The molecule has 0 aromatic heterocycles. The predicted molar refractivity (Wildman–Crippen MR) is 366 cm³/mol. The van der Waals surface area contributed by atoms with Crippen LogP contribution in [0.2, 0.25) is 0 Å². The summed E-state index contributed by atoms with van der Waals surface area (Å²) in [5.74, 6) is -0.00518. The molecule has 0 rings (SSSR count). The fourth-order valence-corrected chi connectivity index (χ4v) is 12.5. The minimum Gasteiger partial charge on any atom is -0.466 e. The normalized spacial score (nSPS) is 12.5. The minimum atomic E-state index is -0.662. The second-order valence-corrected chi connectivity index (χ2v) is 26.7. The van der Waals surface area contributed by atoms with E-state index in [4.69, 9.17) is 4.74 Å². The van der Waals surface area contributed by atoms with Gasteiger partial charge in [0, 0.05) is 12.8 Å². The number of esters is 1. The quantitative estimate of drug-likeness (QED) is 0.0320. The third-order valence-corrected chi connectivity index (χ3v) is 18.3. The lowest BCUT2D eigenvalue weighted by atomic mass is 10.0. The number of carbonyl (C=O) groups is 2. The average molecular weight is 1170 g/mol. The van der Waals surface area contributed by atoms with E-state index in [1.165, 1.54) is 372 Å². The molecule has 0 spiro atoms. The van der Waals surface area contributed by atoms with Crippen LogP contribution in [0, 0.1) is 0 Å². The van der Waals surface area contributed by atoms with E-state index in [1.807, 2.05) is 0 Å². The van der Waals surface area contributed by atoms with Crippen LogP contribution in [-0.4, -0.2) is 47.4 Å². The summed E-state index contributed by atoms with van der Waals surface area (Å²) in [5.41, 5.74) is 0. The Hall–Kier alpha value is -1.40. The van der Waals surface area contributed by atoms with Crippen LogP contribution in [0.4, 0.5) is 0 Å². The highest BCUT2D eigenvalue weighted by atomic mass is 16.5. The number of hydrogen-bond acceptors (Lipinski definition) is 5. The molecule has 0 aliphatic carbocycles. The highest BCUT2D eigenvalue weighted by molar-refractivity contribution is 5.76. The molecule has 0 heterocycles. The number of aliphatic hydroxyl groups excluding tert-OH is 2. The van der Waals surface area contributed by atoms with Gasteiger partial charge in [0.15, 0.2) is 0 Å². The molecule has 0 saturated heterocycles. The molecular formula is C77H151NO5. The predicted octanol–water partition coefficient (Wildman–Crippen LogP) is 25.1. The Bertz CT molecular complexity index is 1260. The zero-order valence-electron chi connectivity index (χ0n) is 56.7. The van der Waals surface area contributed by atoms with E-state index in [9.17, 15) is 19.8 Å². The Labute approximate surface area is 520 Å². The van der Waals surface area contributed by atoms with Gasteiger partial charge in [-0.2, -0.15) is 0 Å². The van der Waals surface area contributed by atoms with Crippen molar-refractivity contribution in [2.24, 2.45) is 0 Å². The van der Waals surface area contributed by atoms with E-state index in [-0.39, 0.29) is 18.5 Å². The Kier molecular flexibility index (Phi) is 71.8. The van der Waals surface area contributed by atoms with Crippen molar-refractivity contribution in [3.05, 3.63) is 12.2 Å². The van der Waals surface area contributed by atoms with Crippen LogP contribution in [0.3, 0.4) is 0 Å². The number of ether oxygens (including phenoxy) is 1. The van der Waals surface area contributed by atoms with Gasteiger partial charge in [-0.1, -0.05) is 392 Å². The second-order valence-electron chi connectivity index (χ2n) is 26.7. The van der Waals surface area contributed by atoms with E-state index in [0.717, 1.165) is 38.5 Å². The first-order valence-corrected chi connectivity index (χ1v) is 38.4. The Balaban J connectivity index is 3.34. The number of amides is 1. The summed E-state index contributed by atoms with van der Waals surface area (Å²) in [6.07, 6.45) is 91.6. The van der Waals surface area contributed by atoms with Crippen molar-refractivity contribution >= 4 is 11.9 Å². The van der Waals surface area contributed by atoms with Crippen LogP contribution in [-0.2, 0) is 14.3 Å². The van der Waals surface area contributed by atoms with E-state index in [0.29, 0.717) is 25.9 Å². The highest BCUT2D eigenvalue weighted by Crippen LogP contribution is 2.20. The summed E-state index contributed by atoms with van der Waals surface area (Å²) in [4.78, 5) is 24.6. The number of unbranched alkanes of at least 4 members (excludes halogenated alkanes) is 60. The zero-order chi connectivity index (χ0) is 59.9. The summed E-state index contributed by atoms with van der Waals surface area (Å²) in [6, 6.07) is -0.539. The lowest BCUT2D eigenvalue weighted by Crippen LogP contribution is -2.45. The maximum atomic E-state index is 12.6. The molecule has 494 valence electrons. The Morgan fingerprint density at radius 2 is 0.566 bits per heavy atom. The third-order valence-electron chi connectivity index (χ3n) is 18.3. The number of allylic oxidation sites excluding steroid dienone is 2. The van der Waals surface area contributed by atoms with Crippen molar-refractivity contribution in [2.45, 2.75) is 456 Å². The number of aliphatic hydroxyl groups is 2. The van der Waals surface area contributed by atoms with Crippen LogP contribution in [0.5, 0.6) is 0 Å². The summed E-state index contributed by atoms with van der Waals surface area (Å²) >= 11 is 0. The van der Waals surface area contributed by atoms with Gasteiger partial charge in [-0.3, -0.25) is 9.59 Å². The Morgan fingerprint density at radius 1 is 0.325 bits per heavy atom. The van der Waals surface area contributed by atoms with E-state index in [2.05, 4.69) is 31.3 Å². The number of rotatable bonds is 73. The minimum absolute atomic E-state index is 0.0209. The van der Waals surface area contributed by atoms with Crippen LogP contribution in [0.1, 0.15) is 444 Å². The molecule has 0 fully saturated rings. The van der Waals surface area contributed by atoms with Crippen molar-refractivity contribution in [3.8, 4) is 0 Å². The first-order chi connectivity index (χ1) is 41.0. The first kappa shape index (κ1) is 81.6. The second kappa shape index (κ2) is 73.1. The standard InChI is InChI=1S/C77H151NO5/c1-3-5-7-9-11-13-15-16-17-18-19-37-40-43-46-50-53-57-61-65-69-75(80)74(73-79)78-76(81)70-66-62-58-54-51-47-44-41-38-35-33-31-29-27-25-23-21-20-22-24-26-28-30-32-34-36-39-42-45-48-52-56-60-64-68-72-83-77(82)71-67-63-59-55-49-14-12-10-8-6-4-2/h22,24,74-75,79-80H,3-21,23,25-73H2,1-2H3,(H,78,81)/b24-22-. The van der Waals surface area contributed by atoms with E-state index < -0.39 is 12.1 Å². The molecule has 3 N–H and O–H groups in total. The molecule has 0 saturated carbocycles. The smallest absolute Gasteiger partial charge is 0.305 e. The SMILES string of the molecule is CCCCCCCCCCCCCCCCCCCCCCC(O)C(CO)NC(=O)CCCCCCCCCCCCCCCCCCC/C=C\CCCCCCCCCCCCCCCCOC(=O)CCCCCCCCCCCCC. The van der Waals surface area contributed by atoms with Gasteiger partial charge in [0.25, 0.3) is 0 Å². The first-order valence-electron chi connectivity index (χ1n) is 38.4. The summed E-state index contributed by atoms with van der Waals surface area (Å²) in [7, 11) is 0. The summed E-state index contributed by atoms with van der Waals surface area (Å²) in [5, 5.41) is 23.4. The molecule has 1 amide bonds. The fourth-order valence-electron chi connectivity index (χ4n) is 12.5. The van der Waals surface area contributed by atoms with Crippen molar-refractivity contribution in [2.75, 3.05) is 13.2 Å². The van der Waals surface area contributed by atoms with Crippen molar-refractivity contribution in [3.63, 3.8) is 0 Å². The van der Waals surface area contributed by atoms with Crippen LogP contribution in [0.25, 0.3) is 0 Å². The summed E-state index contributed by atoms with van der Waals surface area (Å²) in [6.45, 7) is 5.00. The molecule has 0 aliphatic rings. The monoisotopic (exact) mass is 1170 g/mol. The molecule has 6 nitrogen and oxygen atoms in total. The average Bonchev–Trinajstić information content (AvgIpc) is 3.50. The molecule has 0 aromatic rings. The molecule has 0 aliphatic heterocycles. The van der Waals surface area contributed by atoms with Crippen LogP contribution in [0.15, 0.2) is 12.2 Å². The van der Waals surface area contributed by atoms with Gasteiger partial charge in [0.2, 0.25) is 5.91 Å². The molecule has 0 radical (unpaired) electrons. The van der Waals surface area contributed by atoms with Gasteiger partial charge < -0.3 is 20.3 Å². The number of carbonyl (C=O) groups excluding carboxylic acids is 2. The van der Waals surface area contributed by atoms with Crippen LogP contribution < -0.4 is 5.32 Å². The molecule has 2 unspecified atom stereocenters. The van der Waals surface area contributed by atoms with Crippen LogP contribution >= 0.6 is 0 Å². The van der Waals surface area contributed by atoms with E-state index >= 15 is 0 Å². The van der Waals surface area contributed by atoms with Crippen molar-refractivity contribution in [1.29, 1.82) is 0 Å². The Morgan fingerprint density at radius 3 is 0.855 bits per heavy atom. The lowest BCUT2D eigenvalue weighted by Gasteiger charge is -2.22. The molecule has 0 bridgehead atoms. The fraction of sp³-hybridized carbons (Fsp3) is 0.948. The van der Waals surface area contributed by atoms with Gasteiger partial charge in [0.1, 0.15) is 0 Å². The maximum Gasteiger partial charge on any atom is 0.305 e. The van der Waals surface area contributed by atoms with Crippen molar-refractivity contribution in [1.82, 2.24) is 5.32 Å². The molecule has 0 aromatic carbocycles. The largest absolute Gasteiger partial charge is 0.466 e. The zero-order valence-corrected chi connectivity index (χ0v) is 56.7. The van der Waals surface area contributed by atoms with Gasteiger partial charge in [0.05, 0.1) is 25.4 Å². The molecule has 2 atom stereocenters. The van der Waals surface area contributed by atoms with E-state index in [1.54, 1.807) is 0 Å². The third kappa shape index (κ3) is 69.6. The summed E-state index contributed by atoms with van der Waals surface area (Å²) < 4.78 is 5.48. The van der Waals surface area contributed by atoms with Gasteiger partial charge in [-0.15, -0.1) is 0 Å². The number of hydrogen-bond donors (Lipinski definition) is 3. The van der Waals surface area contributed by atoms with Gasteiger partial charge >= 0.3 is 5.97 Å². The van der Waals surface area contributed by atoms with Crippen molar-refractivity contribution < 1.29 is 24.5 Å². The van der Waals surface area contributed by atoms with Gasteiger partial charge in [-0.25, -0.2) is 0 Å². The molecule has 83 heavy (non-hydrogen) atoms. The topological polar surface area (TPSA) is 95.9 Å². The van der Waals surface area contributed by atoms with Gasteiger partial charge in [-0.05, 0) is 51.4 Å². The lowest BCUT2D eigenvalue weighted by molar-refractivity contribution is -0.143. The maximum absolute atomic E-state index is 12.6.